The summed E-state index contributed by atoms with van der Waals surface area (Å²) in [6.45, 7) is 1.58. The first kappa shape index (κ1) is 9.86. The van der Waals surface area contributed by atoms with Gasteiger partial charge in [-0.25, -0.2) is 0 Å². The average molecular weight is 190 g/mol. The van der Waals surface area contributed by atoms with Gasteiger partial charge in [0.2, 0.25) is 0 Å². The van der Waals surface area contributed by atoms with Crippen molar-refractivity contribution in [3.63, 3.8) is 0 Å². The Labute approximate surface area is 79.7 Å². The maximum absolute atomic E-state index is 10.5. The van der Waals surface area contributed by atoms with Crippen LogP contribution in [0.15, 0.2) is 12.1 Å². The van der Waals surface area contributed by atoms with Gasteiger partial charge in [0.15, 0.2) is 6.29 Å². The number of nitro benzene ring substituents is 1. The van der Waals surface area contributed by atoms with Crippen LogP contribution < -0.4 is 0 Å². The molecule has 0 atom stereocenters. The summed E-state index contributed by atoms with van der Waals surface area (Å²) in [5.41, 5.74) is 0.555. The van der Waals surface area contributed by atoms with Crippen LogP contribution >= 0.6 is 0 Å². The van der Waals surface area contributed by atoms with Crippen LogP contribution in [-0.2, 0) is 0 Å². The summed E-state index contributed by atoms with van der Waals surface area (Å²) in [5, 5.41) is 19.1. The molecule has 14 heavy (non-hydrogen) atoms. The van der Waals surface area contributed by atoms with E-state index in [2.05, 4.69) is 0 Å². The van der Waals surface area contributed by atoms with Crippen LogP contribution in [0.5, 0.6) is 0 Å². The average Bonchev–Trinajstić information content (AvgIpc) is 2.17. The second-order valence-corrected chi connectivity index (χ2v) is 2.69. The first-order valence-electron chi connectivity index (χ1n) is 3.74. The number of carbonyl (C=O) groups is 1. The van der Waals surface area contributed by atoms with E-state index in [4.69, 9.17) is 5.26 Å². The number of nitriles is 1. The molecule has 5 heteroatoms. The van der Waals surface area contributed by atoms with Gasteiger partial charge in [-0.15, -0.1) is 0 Å². The maximum Gasteiger partial charge on any atom is 0.271 e. The third-order valence-electron chi connectivity index (χ3n) is 1.89. The first-order chi connectivity index (χ1) is 6.60. The van der Waals surface area contributed by atoms with E-state index in [1.54, 1.807) is 13.0 Å². The number of benzene rings is 1. The van der Waals surface area contributed by atoms with Crippen molar-refractivity contribution >= 4 is 12.0 Å². The van der Waals surface area contributed by atoms with Gasteiger partial charge in [0.1, 0.15) is 0 Å². The molecule has 1 aromatic rings. The van der Waals surface area contributed by atoms with Crippen molar-refractivity contribution < 1.29 is 9.72 Å². The van der Waals surface area contributed by atoms with Gasteiger partial charge < -0.3 is 0 Å². The second-order valence-electron chi connectivity index (χ2n) is 2.69. The van der Waals surface area contributed by atoms with Crippen LogP contribution in [-0.4, -0.2) is 11.2 Å². The van der Waals surface area contributed by atoms with Gasteiger partial charge in [0, 0.05) is 17.7 Å². The van der Waals surface area contributed by atoms with E-state index < -0.39 is 4.92 Å². The maximum atomic E-state index is 10.5. The zero-order chi connectivity index (χ0) is 10.7. The minimum Gasteiger partial charge on any atom is -0.298 e. The van der Waals surface area contributed by atoms with Crippen molar-refractivity contribution in [1.29, 1.82) is 5.26 Å². The first-order valence-corrected chi connectivity index (χ1v) is 3.74. The topological polar surface area (TPSA) is 84.0 Å². The highest BCUT2D eigenvalue weighted by Crippen LogP contribution is 2.20. The van der Waals surface area contributed by atoms with Crippen molar-refractivity contribution in [3.8, 4) is 6.07 Å². The van der Waals surface area contributed by atoms with Crippen molar-refractivity contribution in [3.05, 3.63) is 38.9 Å². The molecule has 0 amide bonds. The van der Waals surface area contributed by atoms with Crippen molar-refractivity contribution in [2.24, 2.45) is 0 Å². The second kappa shape index (κ2) is 3.66. The molecule has 0 spiro atoms. The lowest BCUT2D eigenvalue weighted by Crippen LogP contribution is -1.96. The fraction of sp³-hybridized carbons (Fsp3) is 0.111. The fourth-order valence-electron chi connectivity index (χ4n) is 1.06. The molecule has 0 saturated heterocycles. The molecule has 0 radical (unpaired) electrons. The molecule has 0 fully saturated rings. The number of aldehydes is 1. The molecule has 0 unspecified atom stereocenters. The SMILES string of the molecule is Cc1c(C#N)cc([N+](=O)[O-])cc1C=O. The summed E-state index contributed by atoms with van der Waals surface area (Å²) in [5.74, 6) is 0. The molecule has 0 aliphatic carbocycles. The Bertz CT molecular complexity index is 446. The number of hydrogen-bond acceptors (Lipinski definition) is 4. The van der Waals surface area contributed by atoms with E-state index in [1.807, 2.05) is 0 Å². The molecule has 5 nitrogen and oxygen atoms in total. The highest BCUT2D eigenvalue weighted by atomic mass is 16.6. The Balaban J connectivity index is 3.49. The lowest BCUT2D eigenvalue weighted by molar-refractivity contribution is -0.384. The quantitative estimate of drug-likeness (QED) is 0.402. The molecule has 1 rings (SSSR count). The summed E-state index contributed by atoms with van der Waals surface area (Å²) in [7, 11) is 0. The minimum atomic E-state index is -0.632. The monoisotopic (exact) mass is 190 g/mol. The summed E-state index contributed by atoms with van der Waals surface area (Å²) >= 11 is 0. The van der Waals surface area contributed by atoms with Crippen molar-refractivity contribution in [1.82, 2.24) is 0 Å². The standard InChI is InChI=1S/C9H6N2O3/c1-6-7(4-10)2-9(11(13)14)3-8(6)5-12/h2-3,5H,1H3. The smallest absolute Gasteiger partial charge is 0.271 e. The highest BCUT2D eigenvalue weighted by Gasteiger charge is 2.12. The Hall–Kier alpha value is -2.22. The van der Waals surface area contributed by atoms with Gasteiger partial charge in [-0.3, -0.25) is 14.9 Å². The molecule has 0 aliphatic rings. The van der Waals surface area contributed by atoms with Gasteiger partial charge in [-0.05, 0) is 12.5 Å². The number of carbonyl (C=O) groups excluding carboxylic acids is 1. The largest absolute Gasteiger partial charge is 0.298 e. The zero-order valence-electron chi connectivity index (χ0n) is 7.35. The molecule has 0 aliphatic heterocycles. The van der Waals surface area contributed by atoms with Crippen LogP contribution in [0, 0.1) is 28.4 Å². The molecular formula is C9H6N2O3. The van der Waals surface area contributed by atoms with Crippen molar-refractivity contribution in [2.75, 3.05) is 0 Å². The summed E-state index contributed by atoms with van der Waals surface area (Å²) in [6.07, 6.45) is 0.503. The molecule has 0 N–H and O–H groups in total. The van der Waals surface area contributed by atoms with Crippen LogP contribution in [0.3, 0.4) is 0 Å². The Morgan fingerprint density at radius 2 is 2.21 bits per heavy atom. The zero-order valence-corrected chi connectivity index (χ0v) is 7.35. The van der Waals surface area contributed by atoms with Crippen LogP contribution in [0.25, 0.3) is 0 Å². The van der Waals surface area contributed by atoms with Gasteiger partial charge in [0.25, 0.3) is 5.69 Å². The van der Waals surface area contributed by atoms with Crippen molar-refractivity contribution in [2.45, 2.75) is 6.92 Å². The Kier molecular flexibility index (Phi) is 2.58. The molecule has 0 saturated carbocycles. The molecule has 0 heterocycles. The third kappa shape index (κ3) is 1.59. The summed E-state index contributed by atoms with van der Waals surface area (Å²) in [6, 6.07) is 4.11. The molecule has 70 valence electrons. The molecule has 0 bridgehead atoms. The van der Waals surface area contributed by atoms with Gasteiger partial charge in [-0.2, -0.15) is 5.26 Å². The lowest BCUT2D eigenvalue weighted by atomic mass is 10.0. The van der Waals surface area contributed by atoms with E-state index in [-0.39, 0.29) is 16.8 Å². The third-order valence-corrected chi connectivity index (χ3v) is 1.89. The molecular weight excluding hydrogens is 184 g/mol. The predicted octanol–water partition coefficient (Wildman–Crippen LogP) is 1.59. The van der Waals surface area contributed by atoms with Crippen LogP contribution in [0.1, 0.15) is 21.5 Å². The van der Waals surface area contributed by atoms with E-state index >= 15 is 0 Å². The number of non-ortho nitro benzene ring substituents is 1. The number of rotatable bonds is 2. The number of hydrogen-bond donors (Lipinski definition) is 0. The molecule has 1 aromatic carbocycles. The van der Waals surface area contributed by atoms with E-state index in [0.29, 0.717) is 11.8 Å². The summed E-state index contributed by atoms with van der Waals surface area (Å²) in [4.78, 5) is 20.3. The highest BCUT2D eigenvalue weighted by molar-refractivity contribution is 5.80. The Morgan fingerprint density at radius 1 is 1.57 bits per heavy atom. The normalized spacial score (nSPS) is 9.14. The van der Waals surface area contributed by atoms with Gasteiger partial charge >= 0.3 is 0 Å². The van der Waals surface area contributed by atoms with Gasteiger partial charge in [-0.1, -0.05) is 0 Å². The van der Waals surface area contributed by atoms with Crippen LogP contribution in [0.2, 0.25) is 0 Å². The summed E-state index contributed by atoms with van der Waals surface area (Å²) < 4.78 is 0. The van der Waals surface area contributed by atoms with E-state index in [0.717, 1.165) is 12.1 Å². The minimum absolute atomic E-state index is 0.154. The number of nitro groups is 1. The number of nitrogens with zero attached hydrogens (tertiary/aromatic N) is 2. The lowest BCUT2D eigenvalue weighted by Gasteiger charge is -2.00. The van der Waals surface area contributed by atoms with Gasteiger partial charge in [0.05, 0.1) is 16.6 Å². The molecule has 0 aromatic heterocycles. The fourth-order valence-corrected chi connectivity index (χ4v) is 1.06. The van der Waals surface area contributed by atoms with Crippen LogP contribution in [0.4, 0.5) is 5.69 Å². The van der Waals surface area contributed by atoms with E-state index in [9.17, 15) is 14.9 Å². The van der Waals surface area contributed by atoms with E-state index in [1.165, 1.54) is 0 Å². The predicted molar refractivity (Wildman–Crippen MR) is 47.9 cm³/mol. The Morgan fingerprint density at radius 3 is 2.64 bits per heavy atom.